The van der Waals surface area contributed by atoms with Gasteiger partial charge in [-0.05, 0) is 40.5 Å². The Kier molecular flexibility index (Phi) is 21.3. The average Bonchev–Trinajstić information content (AvgIpc) is 1.51. The van der Waals surface area contributed by atoms with Crippen LogP contribution in [0.3, 0.4) is 0 Å². The fourth-order valence-corrected chi connectivity index (χ4v) is 13.8. The minimum Gasteiger partial charge on any atom is -0.383 e. The number of anilines is 1. The van der Waals surface area contributed by atoms with E-state index < -0.39 is 53.3 Å². The van der Waals surface area contributed by atoms with E-state index in [4.69, 9.17) is 100 Å². The van der Waals surface area contributed by atoms with Crippen LogP contribution in [0.4, 0.5) is 5.82 Å². The molecule has 12 rings (SSSR count). The second kappa shape index (κ2) is 28.1. The number of aromatic nitrogens is 2. The van der Waals surface area contributed by atoms with Gasteiger partial charge in [0.25, 0.3) is 5.91 Å². The number of aryl methyl sites for hydroxylation is 1. The molecule has 1 aromatic rings. The lowest BCUT2D eigenvalue weighted by atomic mass is 9.90. The molecule has 8 unspecified atom stereocenters. The molecule has 0 radical (unpaired) electrons. The zero-order valence-electron chi connectivity index (χ0n) is 54.9. The van der Waals surface area contributed by atoms with Crippen molar-refractivity contribution in [3.8, 4) is 12.3 Å². The van der Waals surface area contributed by atoms with E-state index in [1.807, 2.05) is 49.2 Å². The third-order valence-corrected chi connectivity index (χ3v) is 18.5. The van der Waals surface area contributed by atoms with E-state index in [9.17, 15) is 9.59 Å². The summed E-state index contributed by atoms with van der Waals surface area (Å²) in [6.45, 7) is 21.6. The number of hydrogen-bond acceptors (Lipinski definition) is 28. The van der Waals surface area contributed by atoms with E-state index in [-0.39, 0.29) is 73.0 Å². The topological polar surface area (TPSA) is 345 Å². The number of likely N-dealkylation sites (tertiary alicyclic amines) is 1. The van der Waals surface area contributed by atoms with E-state index in [0.29, 0.717) is 80.0 Å². The Morgan fingerprint density at radius 2 is 1.21 bits per heavy atom. The van der Waals surface area contributed by atoms with Crippen molar-refractivity contribution in [1.82, 2.24) is 29.2 Å². The van der Waals surface area contributed by atoms with Crippen LogP contribution in [-0.4, -0.2) is 252 Å². The van der Waals surface area contributed by atoms with Crippen molar-refractivity contribution >= 4 is 29.2 Å². The Balaban J connectivity index is 0.000000145. The fourth-order valence-electron chi connectivity index (χ4n) is 13.8. The minimum atomic E-state index is -1.15. The highest BCUT2D eigenvalue weighted by Crippen LogP contribution is 2.63. The summed E-state index contributed by atoms with van der Waals surface area (Å²) in [5, 5.41) is 0. The maximum absolute atomic E-state index is 12.6. The molecule has 0 aromatic carbocycles. The largest absolute Gasteiger partial charge is 0.383 e. The van der Waals surface area contributed by atoms with E-state index >= 15 is 0 Å². The van der Waals surface area contributed by atoms with Gasteiger partial charge in [0.1, 0.15) is 107 Å². The summed E-state index contributed by atoms with van der Waals surface area (Å²) >= 11 is 0. The second-order valence-corrected chi connectivity index (χ2v) is 24.1. The molecule has 8 N–H and O–H groups in total. The number of terminal acetylenes is 1. The number of amides is 1. The number of hydrogen-bond donors (Lipinski definition) is 4. The van der Waals surface area contributed by atoms with Crippen molar-refractivity contribution in [2.24, 2.45) is 32.2 Å². The molecule has 11 heterocycles. The van der Waals surface area contributed by atoms with Gasteiger partial charge in [-0.2, -0.15) is 4.98 Å². The molecular formula is C62H91N13O17. The zero-order chi connectivity index (χ0) is 66.9. The van der Waals surface area contributed by atoms with E-state index in [0.717, 1.165) is 36.0 Å². The highest BCUT2D eigenvalue weighted by atomic mass is 16.7. The van der Waals surface area contributed by atoms with Crippen LogP contribution in [0.2, 0.25) is 0 Å². The molecule has 1 saturated carbocycles. The van der Waals surface area contributed by atoms with Gasteiger partial charge in [0.15, 0.2) is 36.1 Å². The first-order valence-corrected chi connectivity index (χ1v) is 30.1. The molecule has 6 bridgehead atoms. The molecule has 10 aliphatic heterocycles. The number of nitrogen functional groups attached to an aromatic ring is 1. The van der Waals surface area contributed by atoms with Crippen LogP contribution >= 0.6 is 0 Å². The monoisotopic (exact) mass is 1290 g/mol. The van der Waals surface area contributed by atoms with E-state index in [1.165, 1.54) is 11.7 Å². The van der Waals surface area contributed by atoms with Gasteiger partial charge >= 0.3 is 5.69 Å². The normalized spacial score (nSPS) is 35.3. The standard InChI is InChI=1S/C16H23N3O5.C16H23N3O4.C15H22N4O4.C15H23N3O4/c1-5-6-7-23-13-12(22-4)11(9-21-3)24-15(13)19-8-10(2)14(17)18-16(19)20;1-9-7-19(10(2)18-13(9)17)14-11-12(21-4)16(23-14,8-20-3)15(22-11)5-6-15;1-8-6-19(9(2)17-12(8)16)13-10-11(22-5)15(23-13,7-21-4)14(20)18(10)3;1-9-7-18(10(2)17-13(9)16)14-11-12(20-4)15(22-14,8-19-3)5-6-21-11/h1,8,11-13,15H,6-7,9H2,2-4H3,(H2,17,18,20);7,11-12,14H,2,5-6,8H2,1,3-4H3,(H2,17,18);6,10-11,13H,2,7H2,1,3-5H3,(H2,16,17);7,11-12,14H,2,5-6,8H2,1,3-4H3,(H2,16,17)/t11-,12?,13?,15-;11?,12?,14-,16-;10?,11?,13-,15-;11?,12?,14-,15-/m1111/s1. The Morgan fingerprint density at radius 3 is 1.72 bits per heavy atom. The molecule has 1 amide bonds. The lowest BCUT2D eigenvalue weighted by Crippen LogP contribution is -2.56. The molecule has 506 valence electrons. The Labute approximate surface area is 536 Å². The van der Waals surface area contributed by atoms with Crippen molar-refractivity contribution < 1.29 is 75.8 Å². The van der Waals surface area contributed by atoms with Gasteiger partial charge in [-0.1, -0.05) is 19.7 Å². The van der Waals surface area contributed by atoms with Crippen LogP contribution in [0.1, 0.15) is 58.2 Å². The van der Waals surface area contributed by atoms with Gasteiger partial charge in [-0.25, -0.2) is 19.8 Å². The number of ether oxygens (including phenoxy) is 15. The lowest BCUT2D eigenvalue weighted by molar-refractivity contribution is -0.241. The molecule has 1 aliphatic carbocycles. The molecule has 92 heavy (non-hydrogen) atoms. The molecule has 1 aromatic heterocycles. The van der Waals surface area contributed by atoms with Crippen molar-refractivity contribution in [1.29, 1.82) is 0 Å². The lowest BCUT2D eigenvalue weighted by Gasteiger charge is -2.41. The zero-order valence-corrected chi connectivity index (χ0v) is 54.9. The Morgan fingerprint density at radius 1 is 0.652 bits per heavy atom. The summed E-state index contributed by atoms with van der Waals surface area (Å²) in [6.07, 6.45) is 11.2. The van der Waals surface area contributed by atoms with Crippen molar-refractivity contribution in [2.75, 3.05) is 109 Å². The van der Waals surface area contributed by atoms with Gasteiger partial charge in [0, 0.05) is 124 Å². The molecule has 30 nitrogen and oxygen atoms in total. The number of methoxy groups -OCH3 is 8. The maximum Gasteiger partial charge on any atom is 0.351 e. The third-order valence-electron chi connectivity index (χ3n) is 18.5. The SMILES string of the molecule is C#CCCOC1C(OC)[C@@H](COC)O[C@H]1n1cc(C)c(N)nc1=O.C=C1N=C(N)C(C)=CN1[C@@H]1O[C@@]2(COC)C(=O)N(C)C1C2OC.C=C1N=C(N)C(C)=CN1[C@@H]1O[C@@]2(COC)CCOC1C2OC.C=C1N=C(N)C(C)=CN1[C@@H]1O[C@]2(COC)C(OC)C1OC21CC1. The summed E-state index contributed by atoms with van der Waals surface area (Å²) < 4.78 is 88.3. The van der Waals surface area contributed by atoms with Crippen LogP contribution in [0.15, 0.2) is 98.5 Å². The number of carbonyl (C=O) groups is 1. The van der Waals surface area contributed by atoms with Crippen LogP contribution in [0.5, 0.6) is 0 Å². The number of morpholine rings is 1. The summed E-state index contributed by atoms with van der Waals surface area (Å²) in [6, 6.07) is -0.294. The molecule has 30 heteroatoms. The van der Waals surface area contributed by atoms with Gasteiger partial charge in [-0.3, -0.25) is 9.36 Å². The molecule has 11 aliphatic rings. The molecule has 8 fully saturated rings. The number of rotatable bonds is 19. The first kappa shape index (κ1) is 69.7. The van der Waals surface area contributed by atoms with Gasteiger partial charge in [0.2, 0.25) is 0 Å². The van der Waals surface area contributed by atoms with Crippen molar-refractivity contribution in [2.45, 2.75) is 156 Å². The summed E-state index contributed by atoms with van der Waals surface area (Å²) in [5.74, 6) is 5.48. The highest BCUT2D eigenvalue weighted by Gasteiger charge is 2.79. The van der Waals surface area contributed by atoms with Gasteiger partial charge < -0.3 is 114 Å². The summed E-state index contributed by atoms with van der Waals surface area (Å²) in [4.78, 5) is 48.7. The highest BCUT2D eigenvalue weighted by molar-refractivity contribution is 5.98. The number of nitrogens with zero attached hydrogens (tertiary/aromatic N) is 9. The molecule has 1 spiro atoms. The second-order valence-electron chi connectivity index (χ2n) is 24.1. The molecule has 7 saturated heterocycles. The van der Waals surface area contributed by atoms with Crippen molar-refractivity contribution in [3.05, 3.63) is 94.8 Å². The number of nitrogens with two attached hydrogens (primary N) is 4. The Hall–Kier alpha value is -6.64. The fraction of sp³-hybridized carbons (Fsp3) is 0.645. The molecular weight excluding hydrogens is 1200 g/mol. The predicted molar refractivity (Wildman–Crippen MR) is 335 cm³/mol. The van der Waals surface area contributed by atoms with Crippen LogP contribution in [-0.2, 0) is 75.8 Å². The quantitative estimate of drug-likeness (QED) is 0.111. The number of fused-ring (bicyclic) bond motifs is 7. The van der Waals surface area contributed by atoms with Gasteiger partial charge in [0.05, 0.1) is 39.6 Å². The predicted octanol–water partition coefficient (Wildman–Crippen LogP) is 1.03. The summed E-state index contributed by atoms with van der Waals surface area (Å²) in [7, 11) is 14.7. The maximum atomic E-state index is 12.6. The van der Waals surface area contributed by atoms with Crippen LogP contribution in [0.25, 0.3) is 0 Å². The number of amidine groups is 3. The van der Waals surface area contributed by atoms with Gasteiger partial charge in [-0.15, -0.1) is 12.3 Å². The smallest absolute Gasteiger partial charge is 0.351 e. The molecule has 16 atom stereocenters. The number of carbonyl (C=O) groups excluding carboxylic acids is 1. The van der Waals surface area contributed by atoms with Crippen LogP contribution in [0, 0.1) is 19.3 Å². The van der Waals surface area contributed by atoms with Crippen LogP contribution < -0.4 is 28.6 Å². The average molecular weight is 1290 g/mol. The van der Waals surface area contributed by atoms with Crippen molar-refractivity contribution in [3.63, 3.8) is 0 Å². The number of aliphatic imine (C=N–C) groups is 3. The minimum absolute atomic E-state index is 0.121. The van der Waals surface area contributed by atoms with E-state index in [1.54, 1.807) is 79.7 Å². The first-order valence-electron chi connectivity index (χ1n) is 30.1. The first-order chi connectivity index (χ1) is 43.9. The number of likely N-dealkylation sites (N-methyl/N-ethyl adjacent to an activating group) is 1. The van der Waals surface area contributed by atoms with E-state index in [2.05, 4.69) is 45.6 Å². The third kappa shape index (κ3) is 12.3. The Bertz CT molecular complexity index is 3250. The summed E-state index contributed by atoms with van der Waals surface area (Å²) in [5.41, 5.74) is 23.4.